The first kappa shape index (κ1) is 10.6. The van der Waals surface area contributed by atoms with Crippen molar-refractivity contribution >= 4 is 12.6 Å². The van der Waals surface area contributed by atoms with Crippen LogP contribution in [0.4, 0.5) is 0 Å². The molecule has 2 radical (unpaired) electrons. The smallest absolute Gasteiger partial charge is 0.202 e. The highest BCUT2D eigenvalue weighted by molar-refractivity contribution is 5.57. The molecule has 1 atom stereocenters. The van der Waals surface area contributed by atoms with Gasteiger partial charge in [-0.1, -0.05) is 30.3 Å². The van der Waals surface area contributed by atoms with Gasteiger partial charge in [0, 0.05) is 12.3 Å². The van der Waals surface area contributed by atoms with E-state index in [0.717, 1.165) is 5.56 Å². The van der Waals surface area contributed by atoms with Crippen molar-refractivity contribution in [3.63, 3.8) is 0 Å². The molecular weight excluding hydrogens is 176 g/mol. The zero-order valence-electron chi connectivity index (χ0n) is 7.90. The van der Waals surface area contributed by atoms with Crippen molar-refractivity contribution in [3.8, 4) is 0 Å². The molecule has 72 valence electrons. The Morgan fingerprint density at radius 1 is 1.14 bits per heavy atom. The predicted octanol–water partition coefficient (Wildman–Crippen LogP) is 1.84. The van der Waals surface area contributed by atoms with Gasteiger partial charge in [-0.3, -0.25) is 9.59 Å². The fourth-order valence-electron chi connectivity index (χ4n) is 1.33. The minimum Gasteiger partial charge on any atom is -0.291 e. The summed E-state index contributed by atoms with van der Waals surface area (Å²) in [5.41, 5.74) is 1.10. The van der Waals surface area contributed by atoms with Crippen LogP contribution in [0.1, 0.15) is 18.4 Å². The molecule has 1 aromatic carbocycles. The van der Waals surface area contributed by atoms with Crippen LogP contribution < -0.4 is 0 Å². The molecule has 0 fully saturated rings. The van der Waals surface area contributed by atoms with Gasteiger partial charge in [0.25, 0.3) is 0 Å². The molecule has 1 unspecified atom stereocenters. The summed E-state index contributed by atoms with van der Waals surface area (Å²) >= 11 is 0. The van der Waals surface area contributed by atoms with Crippen molar-refractivity contribution < 1.29 is 9.59 Å². The van der Waals surface area contributed by atoms with Crippen LogP contribution in [-0.2, 0) is 16.0 Å². The molecule has 0 aliphatic heterocycles. The zero-order valence-corrected chi connectivity index (χ0v) is 7.90. The van der Waals surface area contributed by atoms with E-state index in [0.29, 0.717) is 19.3 Å². The maximum absolute atomic E-state index is 10.6. The number of rotatable bonds is 6. The second-order valence-corrected chi connectivity index (χ2v) is 3.19. The van der Waals surface area contributed by atoms with E-state index in [9.17, 15) is 9.59 Å². The fourth-order valence-corrected chi connectivity index (χ4v) is 1.33. The van der Waals surface area contributed by atoms with Gasteiger partial charge in [-0.05, 0) is 18.4 Å². The summed E-state index contributed by atoms with van der Waals surface area (Å²) in [4.78, 5) is 20.6. The van der Waals surface area contributed by atoms with Crippen molar-refractivity contribution in [2.45, 2.75) is 19.3 Å². The second-order valence-electron chi connectivity index (χ2n) is 3.19. The van der Waals surface area contributed by atoms with Crippen molar-refractivity contribution in [2.24, 2.45) is 5.92 Å². The highest BCUT2D eigenvalue weighted by Gasteiger charge is 2.08. The lowest BCUT2D eigenvalue weighted by molar-refractivity contribution is 0.500. The van der Waals surface area contributed by atoms with E-state index in [4.69, 9.17) is 0 Å². The van der Waals surface area contributed by atoms with Gasteiger partial charge >= 0.3 is 0 Å². The quantitative estimate of drug-likeness (QED) is 0.682. The van der Waals surface area contributed by atoms with Gasteiger partial charge in [0.05, 0.1) is 0 Å². The highest BCUT2D eigenvalue weighted by atomic mass is 16.1. The molecule has 1 rings (SSSR count). The topological polar surface area (TPSA) is 34.1 Å². The normalized spacial score (nSPS) is 12.0. The van der Waals surface area contributed by atoms with Crippen LogP contribution in [0.3, 0.4) is 0 Å². The van der Waals surface area contributed by atoms with Crippen molar-refractivity contribution in [3.05, 3.63) is 35.9 Å². The van der Waals surface area contributed by atoms with Crippen LogP contribution in [-0.4, -0.2) is 12.6 Å². The Bertz CT molecular complexity index is 280. The maximum Gasteiger partial charge on any atom is 0.202 e. The van der Waals surface area contributed by atoms with Gasteiger partial charge < -0.3 is 0 Å². The zero-order chi connectivity index (χ0) is 10.2. The first-order valence-corrected chi connectivity index (χ1v) is 4.63. The minimum absolute atomic E-state index is 0.182. The molecule has 0 saturated carbocycles. The van der Waals surface area contributed by atoms with Crippen LogP contribution in [0.5, 0.6) is 0 Å². The van der Waals surface area contributed by atoms with Crippen LogP contribution in [0.15, 0.2) is 30.3 Å². The van der Waals surface area contributed by atoms with E-state index in [-0.39, 0.29) is 5.92 Å². The summed E-state index contributed by atoms with van der Waals surface area (Å²) < 4.78 is 0. The first-order chi connectivity index (χ1) is 6.86. The van der Waals surface area contributed by atoms with Gasteiger partial charge in [-0.2, -0.15) is 0 Å². The lowest BCUT2D eigenvalue weighted by Crippen LogP contribution is -2.06. The number of hydrogen-bond donors (Lipinski definition) is 0. The number of carbonyl (C=O) groups excluding carboxylic acids is 2. The number of benzene rings is 1. The summed E-state index contributed by atoms with van der Waals surface area (Å²) in [6, 6.07) is 9.73. The van der Waals surface area contributed by atoms with Gasteiger partial charge in [0.2, 0.25) is 6.29 Å². The minimum atomic E-state index is -0.182. The van der Waals surface area contributed by atoms with E-state index < -0.39 is 0 Å². The average molecular weight is 188 g/mol. The summed E-state index contributed by atoms with van der Waals surface area (Å²) in [6.07, 6.45) is 5.26. The maximum atomic E-state index is 10.6. The Kier molecular flexibility index (Phi) is 4.62. The van der Waals surface area contributed by atoms with Crippen LogP contribution >= 0.6 is 0 Å². The summed E-state index contributed by atoms with van der Waals surface area (Å²) in [5.74, 6) is -0.182. The van der Waals surface area contributed by atoms with Crippen LogP contribution in [0, 0.1) is 5.92 Å². The molecule has 2 nitrogen and oxygen atoms in total. The first-order valence-electron chi connectivity index (χ1n) is 4.63. The number of hydrogen-bond acceptors (Lipinski definition) is 2. The van der Waals surface area contributed by atoms with E-state index in [1.54, 1.807) is 6.29 Å². The van der Waals surface area contributed by atoms with Gasteiger partial charge in [-0.25, -0.2) is 0 Å². The Balaban J connectivity index is 2.48. The lowest BCUT2D eigenvalue weighted by atomic mass is 9.96. The summed E-state index contributed by atoms with van der Waals surface area (Å²) in [7, 11) is 0. The molecule has 0 aromatic heterocycles. The molecular formula is C12H12O2. The monoisotopic (exact) mass is 188 g/mol. The molecule has 0 bridgehead atoms. The van der Waals surface area contributed by atoms with Gasteiger partial charge in [0.1, 0.15) is 0 Å². The SMILES string of the molecule is O=[C]CCC([C]=O)Cc1ccccc1. The average Bonchev–Trinajstić information content (AvgIpc) is 2.25. The van der Waals surface area contributed by atoms with E-state index >= 15 is 0 Å². The highest BCUT2D eigenvalue weighted by Crippen LogP contribution is 2.11. The third kappa shape index (κ3) is 3.52. The standard InChI is InChI=1S/C12H12O2/c13-8-4-7-12(10-14)9-11-5-2-1-3-6-11/h1-3,5-6,12H,4,7,9H2. The van der Waals surface area contributed by atoms with Crippen molar-refractivity contribution in [1.82, 2.24) is 0 Å². The molecule has 0 saturated heterocycles. The molecule has 14 heavy (non-hydrogen) atoms. The Morgan fingerprint density at radius 3 is 2.43 bits per heavy atom. The molecule has 0 spiro atoms. The molecule has 0 amide bonds. The molecule has 0 aliphatic carbocycles. The van der Waals surface area contributed by atoms with E-state index in [1.165, 1.54) is 0 Å². The third-order valence-corrected chi connectivity index (χ3v) is 2.09. The van der Waals surface area contributed by atoms with E-state index in [2.05, 4.69) is 0 Å². The Morgan fingerprint density at radius 2 is 1.86 bits per heavy atom. The van der Waals surface area contributed by atoms with Gasteiger partial charge in [-0.15, -0.1) is 0 Å². The summed E-state index contributed by atoms with van der Waals surface area (Å²) in [5, 5.41) is 0. The van der Waals surface area contributed by atoms with E-state index in [1.807, 2.05) is 36.6 Å². The van der Waals surface area contributed by atoms with Crippen molar-refractivity contribution in [2.75, 3.05) is 0 Å². The third-order valence-electron chi connectivity index (χ3n) is 2.09. The largest absolute Gasteiger partial charge is 0.291 e. The van der Waals surface area contributed by atoms with Gasteiger partial charge in [0.15, 0.2) is 6.29 Å². The molecule has 2 heteroatoms. The Labute approximate surface area is 83.9 Å². The Hall–Kier alpha value is -1.44. The fraction of sp³-hybridized carbons (Fsp3) is 0.333. The van der Waals surface area contributed by atoms with Crippen molar-refractivity contribution in [1.29, 1.82) is 0 Å². The molecule has 0 N–H and O–H groups in total. The second kappa shape index (κ2) is 6.08. The molecule has 1 aromatic rings. The summed E-state index contributed by atoms with van der Waals surface area (Å²) in [6.45, 7) is 0. The van der Waals surface area contributed by atoms with Crippen LogP contribution in [0.2, 0.25) is 0 Å². The van der Waals surface area contributed by atoms with Crippen LogP contribution in [0.25, 0.3) is 0 Å². The molecule has 0 heterocycles. The lowest BCUT2D eigenvalue weighted by Gasteiger charge is -2.06. The molecule has 0 aliphatic rings. The predicted molar refractivity (Wildman–Crippen MR) is 54.3 cm³/mol.